The van der Waals surface area contributed by atoms with Crippen molar-refractivity contribution in [1.29, 1.82) is 0 Å². The number of carbonyl (C=O) groups is 3. The van der Waals surface area contributed by atoms with Gasteiger partial charge in [0.25, 0.3) is 0 Å². The lowest BCUT2D eigenvalue weighted by Gasteiger charge is -2.50. The third-order valence-electron chi connectivity index (χ3n) is 6.12. The summed E-state index contributed by atoms with van der Waals surface area (Å²) in [7, 11) is 0. The maximum Gasteiger partial charge on any atom is 0.388 e. The molecule has 1 saturated heterocycles. The van der Waals surface area contributed by atoms with E-state index < -0.39 is 35.7 Å². The quantitative estimate of drug-likeness (QED) is 0.552. The number of halogens is 2. The number of carboxylic acid groups (broad SMARTS) is 1. The van der Waals surface area contributed by atoms with Gasteiger partial charge in [-0.05, 0) is 36.1 Å². The Labute approximate surface area is 202 Å². The van der Waals surface area contributed by atoms with Crippen LogP contribution in [0, 0.1) is 12.8 Å². The summed E-state index contributed by atoms with van der Waals surface area (Å²) in [6.07, 6.45) is -0.319. The van der Waals surface area contributed by atoms with Crippen LogP contribution in [0.3, 0.4) is 0 Å². The molecule has 2 aromatic rings. The number of rotatable bonds is 9. The average molecular weight is 490 g/mol. The van der Waals surface area contributed by atoms with Gasteiger partial charge in [0.15, 0.2) is 0 Å². The minimum absolute atomic E-state index is 0.00803. The first kappa shape index (κ1) is 26.1. The molecule has 1 aromatic heterocycles. The van der Waals surface area contributed by atoms with Gasteiger partial charge in [-0.15, -0.1) is 0 Å². The Bertz CT molecular complexity index is 1120. The smallest absolute Gasteiger partial charge is 0.388 e. The number of aryl methyl sites for hydroxylation is 1. The van der Waals surface area contributed by atoms with Crippen molar-refractivity contribution < 1.29 is 33.0 Å². The molecule has 10 heteroatoms. The second-order valence-electron chi connectivity index (χ2n) is 9.16. The number of nitrogens with one attached hydrogen (secondary N) is 1. The van der Waals surface area contributed by atoms with E-state index in [1.54, 1.807) is 19.1 Å². The maximum absolute atomic E-state index is 13.7. The molecule has 1 atom stereocenters. The van der Waals surface area contributed by atoms with Gasteiger partial charge in [-0.2, -0.15) is 8.78 Å². The molecular weight excluding hydrogens is 460 g/mol. The number of pyridine rings is 1. The largest absolute Gasteiger partial charge is 0.481 e. The second kappa shape index (κ2) is 10.4. The van der Waals surface area contributed by atoms with Gasteiger partial charge in [0.2, 0.25) is 17.7 Å². The van der Waals surface area contributed by atoms with Gasteiger partial charge in [-0.3, -0.25) is 14.4 Å². The van der Waals surface area contributed by atoms with Crippen LogP contribution in [-0.4, -0.2) is 52.5 Å². The van der Waals surface area contributed by atoms with Crippen molar-refractivity contribution in [3.63, 3.8) is 0 Å². The molecule has 0 aliphatic carbocycles. The first-order valence-electron chi connectivity index (χ1n) is 11.3. The summed E-state index contributed by atoms with van der Waals surface area (Å²) in [5.74, 6) is -3.02. The molecule has 1 aliphatic rings. The van der Waals surface area contributed by atoms with Gasteiger partial charge >= 0.3 is 12.6 Å². The SMILES string of the molecule is Cc1ccc(NC(=O)C2(c3ccccc3C(C)C)CN(C(=O)C(C)CC(=O)O)C2)c(OC(F)F)n1. The van der Waals surface area contributed by atoms with E-state index in [9.17, 15) is 23.2 Å². The molecule has 1 aliphatic heterocycles. The van der Waals surface area contributed by atoms with E-state index in [1.165, 1.54) is 17.9 Å². The van der Waals surface area contributed by atoms with Crippen LogP contribution in [0.15, 0.2) is 36.4 Å². The molecule has 0 saturated carbocycles. The molecule has 3 rings (SSSR count). The molecule has 2 N–H and O–H groups in total. The summed E-state index contributed by atoms with van der Waals surface area (Å²) in [4.78, 5) is 43.0. The first-order valence-corrected chi connectivity index (χ1v) is 11.3. The zero-order chi connectivity index (χ0) is 25.9. The van der Waals surface area contributed by atoms with E-state index in [0.29, 0.717) is 5.69 Å². The van der Waals surface area contributed by atoms with E-state index in [1.807, 2.05) is 32.0 Å². The molecule has 188 valence electrons. The van der Waals surface area contributed by atoms with Gasteiger partial charge in [0.05, 0.1) is 6.42 Å². The lowest BCUT2D eigenvalue weighted by atomic mass is 9.69. The van der Waals surface area contributed by atoms with Crippen LogP contribution >= 0.6 is 0 Å². The summed E-state index contributed by atoms with van der Waals surface area (Å²) < 4.78 is 30.4. The predicted octanol–water partition coefficient (Wildman–Crippen LogP) is 3.94. The van der Waals surface area contributed by atoms with E-state index >= 15 is 0 Å². The Balaban J connectivity index is 1.97. The standard InChI is InChI=1S/C25H29F2N3O5/c1-14(2)17-7-5-6-8-18(17)25(12-30(13-25)22(33)15(3)11-20(31)32)23(34)29-19-10-9-16(4)28-21(19)35-24(26)27/h5-10,14-15,24H,11-13H2,1-4H3,(H,29,34)(H,31,32). The highest BCUT2D eigenvalue weighted by atomic mass is 19.3. The number of nitrogens with zero attached hydrogens (tertiary/aromatic N) is 2. The molecule has 2 heterocycles. The molecule has 35 heavy (non-hydrogen) atoms. The minimum atomic E-state index is -3.12. The number of ether oxygens (including phenoxy) is 1. The van der Waals surface area contributed by atoms with Crippen LogP contribution in [0.2, 0.25) is 0 Å². The Hall–Kier alpha value is -3.56. The van der Waals surface area contributed by atoms with Crippen molar-refractivity contribution >= 4 is 23.5 Å². The summed E-state index contributed by atoms with van der Waals surface area (Å²) in [6.45, 7) is 4.04. The summed E-state index contributed by atoms with van der Waals surface area (Å²) in [5, 5.41) is 11.7. The summed E-state index contributed by atoms with van der Waals surface area (Å²) in [5.41, 5.74) is 0.905. The van der Waals surface area contributed by atoms with Crippen molar-refractivity contribution in [3.8, 4) is 5.88 Å². The van der Waals surface area contributed by atoms with Crippen molar-refractivity contribution in [3.05, 3.63) is 53.2 Å². The Morgan fingerprint density at radius 2 is 1.80 bits per heavy atom. The topological polar surface area (TPSA) is 109 Å². The second-order valence-corrected chi connectivity index (χ2v) is 9.16. The van der Waals surface area contributed by atoms with E-state index in [-0.39, 0.29) is 37.0 Å². The maximum atomic E-state index is 13.7. The fourth-order valence-electron chi connectivity index (χ4n) is 4.34. The predicted molar refractivity (Wildman–Crippen MR) is 124 cm³/mol. The number of aromatic nitrogens is 1. The van der Waals surface area contributed by atoms with Crippen molar-refractivity contribution in [1.82, 2.24) is 9.88 Å². The number of carboxylic acids is 1. The van der Waals surface area contributed by atoms with E-state index in [4.69, 9.17) is 5.11 Å². The van der Waals surface area contributed by atoms with Gasteiger partial charge in [0.1, 0.15) is 11.1 Å². The molecule has 1 fully saturated rings. The Morgan fingerprint density at radius 3 is 2.40 bits per heavy atom. The average Bonchev–Trinajstić information content (AvgIpc) is 2.74. The number of anilines is 1. The Morgan fingerprint density at radius 1 is 1.14 bits per heavy atom. The van der Waals surface area contributed by atoms with Crippen molar-refractivity contribution in [2.45, 2.75) is 52.1 Å². The zero-order valence-electron chi connectivity index (χ0n) is 20.0. The molecular formula is C25H29F2N3O5. The van der Waals surface area contributed by atoms with Crippen LogP contribution < -0.4 is 10.1 Å². The molecule has 0 spiro atoms. The fourth-order valence-corrected chi connectivity index (χ4v) is 4.34. The van der Waals surface area contributed by atoms with Crippen LogP contribution in [0.5, 0.6) is 5.88 Å². The molecule has 0 radical (unpaired) electrons. The number of alkyl halides is 2. The van der Waals surface area contributed by atoms with Gasteiger partial charge in [-0.1, -0.05) is 45.0 Å². The van der Waals surface area contributed by atoms with E-state index in [0.717, 1.165) is 11.1 Å². The normalized spacial score (nSPS) is 15.5. The van der Waals surface area contributed by atoms with Gasteiger partial charge in [0, 0.05) is 24.7 Å². The Kier molecular flexibility index (Phi) is 7.72. The fraction of sp³-hybridized carbons (Fsp3) is 0.440. The number of likely N-dealkylation sites (tertiary alicyclic amines) is 1. The van der Waals surface area contributed by atoms with Gasteiger partial charge < -0.3 is 20.1 Å². The van der Waals surface area contributed by atoms with Crippen LogP contribution in [-0.2, 0) is 19.8 Å². The number of hydrogen-bond acceptors (Lipinski definition) is 5. The lowest BCUT2D eigenvalue weighted by Crippen LogP contribution is -2.67. The number of benzene rings is 1. The van der Waals surface area contributed by atoms with E-state index in [2.05, 4.69) is 15.0 Å². The van der Waals surface area contributed by atoms with Crippen LogP contribution in [0.1, 0.15) is 49.9 Å². The number of carbonyl (C=O) groups excluding carboxylic acids is 2. The number of aliphatic carboxylic acids is 1. The first-order chi connectivity index (χ1) is 16.4. The van der Waals surface area contributed by atoms with Gasteiger partial charge in [-0.25, -0.2) is 4.98 Å². The summed E-state index contributed by atoms with van der Waals surface area (Å²) in [6, 6.07) is 10.4. The monoisotopic (exact) mass is 489 g/mol. The van der Waals surface area contributed by atoms with Crippen LogP contribution in [0.25, 0.3) is 0 Å². The number of amides is 2. The minimum Gasteiger partial charge on any atom is -0.481 e. The zero-order valence-corrected chi connectivity index (χ0v) is 20.0. The van der Waals surface area contributed by atoms with Crippen molar-refractivity contribution in [2.24, 2.45) is 5.92 Å². The third-order valence-corrected chi connectivity index (χ3v) is 6.12. The molecule has 1 unspecified atom stereocenters. The lowest BCUT2D eigenvalue weighted by molar-refractivity contribution is -0.151. The highest BCUT2D eigenvalue weighted by molar-refractivity contribution is 6.03. The third kappa shape index (κ3) is 5.58. The highest BCUT2D eigenvalue weighted by Crippen LogP contribution is 2.41. The highest BCUT2D eigenvalue weighted by Gasteiger charge is 2.54. The molecule has 1 aromatic carbocycles. The summed E-state index contributed by atoms with van der Waals surface area (Å²) >= 11 is 0. The van der Waals surface area contributed by atoms with Crippen LogP contribution in [0.4, 0.5) is 14.5 Å². The molecule has 0 bridgehead atoms. The number of hydrogen-bond donors (Lipinski definition) is 2. The molecule has 2 amide bonds. The van der Waals surface area contributed by atoms with Crippen molar-refractivity contribution in [2.75, 3.05) is 18.4 Å². The molecule has 8 nitrogen and oxygen atoms in total.